The van der Waals surface area contributed by atoms with E-state index >= 15 is 0 Å². The van der Waals surface area contributed by atoms with Crippen LogP contribution < -0.4 is 4.74 Å². The van der Waals surface area contributed by atoms with Crippen molar-refractivity contribution in [2.75, 3.05) is 6.61 Å². The molecule has 0 aliphatic heterocycles. The van der Waals surface area contributed by atoms with E-state index in [0.717, 1.165) is 24.2 Å². The molecule has 27 heavy (non-hydrogen) atoms. The number of hydrogen-bond acceptors (Lipinski definition) is 4. The van der Waals surface area contributed by atoms with Crippen molar-refractivity contribution in [2.24, 2.45) is 11.8 Å². The molecule has 4 nitrogen and oxygen atoms in total. The topological polar surface area (TPSA) is 69.9 Å². The maximum atomic E-state index is 10.3. The second kappa shape index (κ2) is 11.5. The molecular formula is C23H36O4. The van der Waals surface area contributed by atoms with Gasteiger partial charge in [-0.05, 0) is 68.6 Å². The largest absolute Gasteiger partial charge is 0.491 e. The fraction of sp³-hybridized carbons (Fsp3) is 0.652. The van der Waals surface area contributed by atoms with E-state index in [2.05, 4.69) is 19.1 Å². The summed E-state index contributed by atoms with van der Waals surface area (Å²) in [6, 6.07) is 7.78. The van der Waals surface area contributed by atoms with Crippen molar-refractivity contribution in [3.63, 3.8) is 0 Å². The van der Waals surface area contributed by atoms with Crippen molar-refractivity contribution < 1.29 is 20.1 Å². The number of rotatable bonds is 11. The lowest BCUT2D eigenvalue weighted by molar-refractivity contribution is 0.0669. The number of aliphatic hydroxyl groups excluding tert-OH is 3. The first-order valence-electron chi connectivity index (χ1n) is 10.4. The Balaban J connectivity index is 1.77. The van der Waals surface area contributed by atoms with Gasteiger partial charge in [0.05, 0.1) is 18.3 Å². The number of unbranched alkanes of at least 4 members (excludes halogenated alkanes) is 2. The smallest absolute Gasteiger partial charge is 0.119 e. The maximum absolute atomic E-state index is 10.3. The number of allylic oxidation sites excluding steroid dienone is 2. The number of aliphatic hydroxyl groups is 3. The van der Waals surface area contributed by atoms with E-state index in [9.17, 15) is 15.3 Å². The predicted octanol–water partition coefficient (Wildman–Crippen LogP) is 4.01. The third kappa shape index (κ3) is 7.28. The molecule has 0 heterocycles. The number of aryl methyl sites for hydroxylation is 1. The van der Waals surface area contributed by atoms with E-state index < -0.39 is 18.3 Å². The fourth-order valence-electron chi connectivity index (χ4n) is 3.96. The van der Waals surface area contributed by atoms with Crippen molar-refractivity contribution in [3.05, 3.63) is 42.0 Å². The van der Waals surface area contributed by atoms with Crippen LogP contribution in [0.2, 0.25) is 0 Å². The monoisotopic (exact) mass is 376 g/mol. The van der Waals surface area contributed by atoms with Gasteiger partial charge in [-0.25, -0.2) is 0 Å². The van der Waals surface area contributed by atoms with Gasteiger partial charge in [-0.3, -0.25) is 0 Å². The van der Waals surface area contributed by atoms with Crippen LogP contribution in [0, 0.1) is 18.8 Å². The van der Waals surface area contributed by atoms with Gasteiger partial charge >= 0.3 is 0 Å². The molecule has 5 atom stereocenters. The second-order valence-corrected chi connectivity index (χ2v) is 7.91. The highest BCUT2D eigenvalue weighted by atomic mass is 16.5. The summed E-state index contributed by atoms with van der Waals surface area (Å²) >= 11 is 0. The molecule has 0 radical (unpaired) electrons. The Labute approximate surface area is 163 Å². The van der Waals surface area contributed by atoms with Crippen LogP contribution in [0.4, 0.5) is 0 Å². The van der Waals surface area contributed by atoms with E-state index in [4.69, 9.17) is 4.74 Å². The van der Waals surface area contributed by atoms with Gasteiger partial charge in [0.2, 0.25) is 0 Å². The minimum atomic E-state index is -0.573. The van der Waals surface area contributed by atoms with Crippen molar-refractivity contribution >= 4 is 0 Å². The number of hydrogen-bond donors (Lipinski definition) is 3. The summed E-state index contributed by atoms with van der Waals surface area (Å²) in [5, 5.41) is 30.9. The van der Waals surface area contributed by atoms with Gasteiger partial charge in [-0.2, -0.15) is 0 Å². The normalized spacial score (nSPS) is 26.6. The Morgan fingerprint density at radius 1 is 1.19 bits per heavy atom. The summed E-state index contributed by atoms with van der Waals surface area (Å²) in [7, 11) is 0. The molecule has 0 amide bonds. The van der Waals surface area contributed by atoms with Crippen molar-refractivity contribution in [3.8, 4) is 5.75 Å². The highest BCUT2D eigenvalue weighted by Crippen LogP contribution is 2.38. The molecule has 3 N–H and O–H groups in total. The molecule has 2 rings (SSSR count). The zero-order valence-electron chi connectivity index (χ0n) is 16.8. The van der Waals surface area contributed by atoms with E-state index in [0.29, 0.717) is 19.3 Å². The zero-order valence-corrected chi connectivity index (χ0v) is 16.8. The van der Waals surface area contributed by atoms with E-state index in [1.807, 2.05) is 31.2 Å². The van der Waals surface area contributed by atoms with E-state index in [-0.39, 0.29) is 18.4 Å². The average molecular weight is 377 g/mol. The molecule has 1 aromatic rings. The summed E-state index contributed by atoms with van der Waals surface area (Å²) in [5.41, 5.74) is 1.12. The third-order valence-electron chi connectivity index (χ3n) is 5.59. The van der Waals surface area contributed by atoms with Crippen LogP contribution in [-0.2, 0) is 0 Å². The highest BCUT2D eigenvalue weighted by Gasteiger charge is 2.40. The van der Waals surface area contributed by atoms with Gasteiger partial charge in [0.15, 0.2) is 0 Å². The van der Waals surface area contributed by atoms with Crippen LogP contribution in [0.15, 0.2) is 36.4 Å². The van der Waals surface area contributed by atoms with E-state index in [1.165, 1.54) is 12.8 Å². The Hall–Kier alpha value is -1.36. The third-order valence-corrected chi connectivity index (χ3v) is 5.59. The van der Waals surface area contributed by atoms with Crippen LogP contribution in [0.1, 0.15) is 57.4 Å². The fourth-order valence-corrected chi connectivity index (χ4v) is 3.96. The number of ether oxygens (including phenoxy) is 1. The van der Waals surface area contributed by atoms with Crippen LogP contribution in [0.5, 0.6) is 5.75 Å². The van der Waals surface area contributed by atoms with Gasteiger partial charge in [0.25, 0.3) is 0 Å². The standard InChI is InChI=1S/C23H36O4/c1-3-4-5-6-7-11-20-21(23(26)15-22(20)25)13-12-18(24)16-27-19-10-8-9-17(2)14-19/h6-10,14,18,20-26H,3-5,11-13,15-16H2,1-2H3/b7-6-/t18-,20-,21-,22+,23-/m1/s1. The molecule has 0 aromatic heterocycles. The first-order chi connectivity index (χ1) is 13.0. The van der Waals surface area contributed by atoms with Crippen LogP contribution in [0.25, 0.3) is 0 Å². The molecule has 1 aliphatic rings. The molecule has 0 saturated heterocycles. The van der Waals surface area contributed by atoms with Crippen molar-refractivity contribution in [1.82, 2.24) is 0 Å². The second-order valence-electron chi connectivity index (χ2n) is 7.91. The quantitative estimate of drug-likeness (QED) is 0.403. The SMILES string of the molecule is CCCC/C=C\C[C@@H]1[C@@H](CC[C@@H](O)COc2cccc(C)c2)[C@H](O)C[C@@H]1O. The molecule has 1 aliphatic carbocycles. The first kappa shape index (κ1) is 21.9. The molecule has 0 spiro atoms. The van der Waals surface area contributed by atoms with Gasteiger partial charge in [-0.15, -0.1) is 0 Å². The molecule has 1 fully saturated rings. The molecule has 0 unspecified atom stereocenters. The lowest BCUT2D eigenvalue weighted by Gasteiger charge is -2.23. The van der Waals surface area contributed by atoms with Crippen LogP contribution >= 0.6 is 0 Å². The van der Waals surface area contributed by atoms with Gasteiger partial charge in [0.1, 0.15) is 12.4 Å². The van der Waals surface area contributed by atoms with E-state index in [1.54, 1.807) is 0 Å². The Morgan fingerprint density at radius 3 is 2.70 bits per heavy atom. The lowest BCUT2D eigenvalue weighted by atomic mass is 9.86. The highest BCUT2D eigenvalue weighted by molar-refractivity contribution is 5.27. The lowest BCUT2D eigenvalue weighted by Crippen LogP contribution is -2.25. The molecule has 4 heteroatoms. The average Bonchev–Trinajstić information content (AvgIpc) is 2.91. The van der Waals surface area contributed by atoms with Gasteiger partial charge in [-0.1, -0.05) is 44.1 Å². The van der Waals surface area contributed by atoms with Gasteiger partial charge in [0, 0.05) is 0 Å². The summed E-state index contributed by atoms with van der Waals surface area (Å²) < 4.78 is 5.67. The minimum Gasteiger partial charge on any atom is -0.491 e. The summed E-state index contributed by atoms with van der Waals surface area (Å²) in [6.45, 7) is 4.43. The van der Waals surface area contributed by atoms with Crippen molar-refractivity contribution in [1.29, 1.82) is 0 Å². The van der Waals surface area contributed by atoms with Crippen molar-refractivity contribution in [2.45, 2.75) is 77.1 Å². The molecule has 1 saturated carbocycles. The predicted molar refractivity (Wildman–Crippen MR) is 109 cm³/mol. The summed E-state index contributed by atoms with van der Waals surface area (Å²) in [5.74, 6) is 0.868. The molecule has 0 bridgehead atoms. The number of benzene rings is 1. The van der Waals surface area contributed by atoms with Gasteiger partial charge < -0.3 is 20.1 Å². The first-order valence-corrected chi connectivity index (χ1v) is 10.4. The summed E-state index contributed by atoms with van der Waals surface area (Å²) in [4.78, 5) is 0. The Bertz CT molecular complexity index is 571. The minimum absolute atomic E-state index is 0.0319. The summed E-state index contributed by atoms with van der Waals surface area (Å²) in [6.07, 6.45) is 8.74. The molecule has 152 valence electrons. The maximum Gasteiger partial charge on any atom is 0.119 e. The van der Waals surface area contributed by atoms with Crippen LogP contribution in [0.3, 0.4) is 0 Å². The Morgan fingerprint density at radius 2 is 1.96 bits per heavy atom. The molecule has 1 aromatic carbocycles. The zero-order chi connectivity index (χ0) is 19.6. The Kier molecular flexibility index (Phi) is 9.32. The molecular weight excluding hydrogens is 340 g/mol. The van der Waals surface area contributed by atoms with Crippen LogP contribution in [-0.4, -0.2) is 40.2 Å².